The number of nitrogens with zero attached hydrogens (tertiary/aromatic N) is 4. The summed E-state index contributed by atoms with van der Waals surface area (Å²) in [5.41, 5.74) is 0. The van der Waals surface area contributed by atoms with E-state index in [1.54, 1.807) is 10.9 Å². The van der Waals surface area contributed by atoms with E-state index >= 15 is 0 Å². The monoisotopic (exact) mass is 224 g/mol. The molecule has 0 spiro atoms. The Morgan fingerprint density at radius 2 is 2.25 bits per heavy atom. The second-order valence-corrected chi connectivity index (χ2v) is 3.80. The van der Waals surface area contributed by atoms with Crippen LogP contribution in [-0.4, -0.2) is 49.5 Å². The van der Waals surface area contributed by atoms with Crippen LogP contribution >= 0.6 is 0 Å². The Bertz CT molecular complexity index is 381. The van der Waals surface area contributed by atoms with Gasteiger partial charge in [0.05, 0.1) is 12.2 Å². The molecule has 16 heavy (non-hydrogen) atoms. The van der Waals surface area contributed by atoms with Crippen molar-refractivity contribution >= 4 is 11.9 Å². The zero-order valence-electron chi connectivity index (χ0n) is 8.78. The standard InChI is InChI=1S/C9H12N4O3/c1-6(14)12-5-7(4-8(12)9(15)16)13-3-2-10-11-13/h2-3,7-8H,4-5H2,1H3,(H,15,16)/t7-,8-/m1/s1. The van der Waals surface area contributed by atoms with Gasteiger partial charge in [0, 0.05) is 26.1 Å². The van der Waals surface area contributed by atoms with E-state index in [1.807, 2.05) is 0 Å². The van der Waals surface area contributed by atoms with Gasteiger partial charge in [-0.2, -0.15) is 0 Å². The molecule has 2 atom stereocenters. The van der Waals surface area contributed by atoms with Crippen molar-refractivity contribution in [2.75, 3.05) is 6.54 Å². The maximum Gasteiger partial charge on any atom is 0.326 e. The fraction of sp³-hybridized carbons (Fsp3) is 0.556. The molecule has 1 aromatic rings. The second-order valence-electron chi connectivity index (χ2n) is 3.80. The molecule has 1 aliphatic rings. The summed E-state index contributed by atoms with van der Waals surface area (Å²) < 4.78 is 1.60. The van der Waals surface area contributed by atoms with Crippen molar-refractivity contribution in [2.24, 2.45) is 0 Å². The Morgan fingerprint density at radius 1 is 1.50 bits per heavy atom. The Hall–Kier alpha value is -1.92. The molecular formula is C9H12N4O3. The highest BCUT2D eigenvalue weighted by Crippen LogP contribution is 2.26. The molecule has 0 aliphatic carbocycles. The normalized spacial score (nSPS) is 24.7. The lowest BCUT2D eigenvalue weighted by Gasteiger charge is -2.18. The van der Waals surface area contributed by atoms with Crippen LogP contribution in [0.1, 0.15) is 19.4 Å². The van der Waals surface area contributed by atoms with Crippen LogP contribution in [0.25, 0.3) is 0 Å². The molecule has 7 heteroatoms. The minimum atomic E-state index is -0.974. The number of hydrogen-bond donors (Lipinski definition) is 1. The van der Waals surface area contributed by atoms with Crippen molar-refractivity contribution < 1.29 is 14.7 Å². The lowest BCUT2D eigenvalue weighted by Crippen LogP contribution is -2.39. The molecule has 1 saturated heterocycles. The molecule has 0 aromatic carbocycles. The fourth-order valence-electron chi connectivity index (χ4n) is 2.00. The predicted molar refractivity (Wildman–Crippen MR) is 52.5 cm³/mol. The number of rotatable bonds is 2. The first-order valence-electron chi connectivity index (χ1n) is 4.95. The maximum absolute atomic E-state index is 11.3. The number of carbonyl (C=O) groups excluding carboxylic acids is 1. The van der Waals surface area contributed by atoms with Crippen LogP contribution in [-0.2, 0) is 9.59 Å². The largest absolute Gasteiger partial charge is 0.480 e. The summed E-state index contributed by atoms with van der Waals surface area (Å²) in [4.78, 5) is 23.6. The molecule has 1 amide bonds. The van der Waals surface area contributed by atoms with E-state index in [9.17, 15) is 9.59 Å². The predicted octanol–water partition coefficient (Wildman–Crippen LogP) is -0.475. The van der Waals surface area contributed by atoms with E-state index < -0.39 is 12.0 Å². The first-order valence-corrected chi connectivity index (χ1v) is 4.95. The molecule has 2 heterocycles. The highest BCUT2D eigenvalue weighted by Gasteiger charge is 2.39. The number of aromatic nitrogens is 3. The topological polar surface area (TPSA) is 88.3 Å². The van der Waals surface area contributed by atoms with Crippen LogP contribution in [0.4, 0.5) is 0 Å². The molecule has 7 nitrogen and oxygen atoms in total. The third kappa shape index (κ3) is 1.75. The minimum Gasteiger partial charge on any atom is -0.480 e. The van der Waals surface area contributed by atoms with Crippen molar-refractivity contribution in [3.8, 4) is 0 Å². The lowest BCUT2D eigenvalue weighted by atomic mass is 10.2. The lowest BCUT2D eigenvalue weighted by molar-refractivity contribution is -0.147. The van der Waals surface area contributed by atoms with Crippen LogP contribution in [0.15, 0.2) is 12.4 Å². The molecule has 1 aromatic heterocycles. The average Bonchev–Trinajstić information content (AvgIpc) is 2.86. The van der Waals surface area contributed by atoms with Gasteiger partial charge in [-0.1, -0.05) is 5.21 Å². The molecule has 1 fully saturated rings. The summed E-state index contributed by atoms with van der Waals surface area (Å²) in [6, 6.07) is -0.862. The van der Waals surface area contributed by atoms with Crippen molar-refractivity contribution in [3.63, 3.8) is 0 Å². The smallest absolute Gasteiger partial charge is 0.326 e. The van der Waals surface area contributed by atoms with Gasteiger partial charge < -0.3 is 10.0 Å². The summed E-state index contributed by atoms with van der Waals surface area (Å²) >= 11 is 0. The summed E-state index contributed by atoms with van der Waals surface area (Å²) in [5.74, 6) is -1.20. The molecule has 2 rings (SSSR count). The second kappa shape index (κ2) is 3.92. The summed E-state index contributed by atoms with van der Waals surface area (Å²) in [6.07, 6.45) is 3.58. The van der Waals surface area contributed by atoms with E-state index in [4.69, 9.17) is 5.11 Å². The minimum absolute atomic E-state index is 0.104. The van der Waals surface area contributed by atoms with Gasteiger partial charge in [0.25, 0.3) is 0 Å². The Balaban J connectivity index is 2.18. The first-order chi connectivity index (χ1) is 7.59. The van der Waals surface area contributed by atoms with Gasteiger partial charge in [0.15, 0.2) is 0 Å². The molecule has 86 valence electrons. The Morgan fingerprint density at radius 3 is 2.69 bits per heavy atom. The van der Waals surface area contributed by atoms with Crippen LogP contribution in [0.3, 0.4) is 0 Å². The highest BCUT2D eigenvalue weighted by molar-refractivity contribution is 5.83. The Kier molecular flexibility index (Phi) is 2.59. The molecule has 1 N–H and O–H groups in total. The number of hydrogen-bond acceptors (Lipinski definition) is 4. The number of amides is 1. The molecule has 1 aliphatic heterocycles. The summed E-state index contributed by atoms with van der Waals surface area (Å²) in [6.45, 7) is 1.75. The van der Waals surface area contributed by atoms with E-state index in [0.29, 0.717) is 13.0 Å². The zero-order valence-corrected chi connectivity index (χ0v) is 8.78. The van der Waals surface area contributed by atoms with E-state index in [0.717, 1.165) is 0 Å². The summed E-state index contributed by atoms with van der Waals surface area (Å²) in [5, 5.41) is 16.5. The van der Waals surface area contributed by atoms with Gasteiger partial charge >= 0.3 is 5.97 Å². The van der Waals surface area contributed by atoms with Gasteiger partial charge in [-0.25, -0.2) is 9.48 Å². The number of carbonyl (C=O) groups is 2. The van der Waals surface area contributed by atoms with Crippen LogP contribution in [0, 0.1) is 0 Å². The number of carboxylic acid groups (broad SMARTS) is 1. The number of aliphatic carboxylic acids is 1. The van der Waals surface area contributed by atoms with Crippen molar-refractivity contribution in [2.45, 2.75) is 25.4 Å². The van der Waals surface area contributed by atoms with Crippen molar-refractivity contribution in [1.82, 2.24) is 19.9 Å². The average molecular weight is 224 g/mol. The molecular weight excluding hydrogens is 212 g/mol. The molecule has 0 bridgehead atoms. The van der Waals surface area contributed by atoms with Crippen molar-refractivity contribution in [3.05, 3.63) is 12.4 Å². The maximum atomic E-state index is 11.3. The van der Waals surface area contributed by atoms with Crippen molar-refractivity contribution in [1.29, 1.82) is 0 Å². The SMILES string of the molecule is CC(=O)N1C[C@H](n2ccnn2)C[C@@H]1C(=O)O. The number of carboxylic acids is 1. The highest BCUT2D eigenvalue weighted by atomic mass is 16.4. The van der Waals surface area contributed by atoms with Gasteiger partial charge in [-0.3, -0.25) is 4.79 Å². The third-order valence-corrected chi connectivity index (χ3v) is 2.78. The van der Waals surface area contributed by atoms with E-state index in [2.05, 4.69) is 10.3 Å². The van der Waals surface area contributed by atoms with Gasteiger partial charge in [-0.15, -0.1) is 5.10 Å². The Labute approximate surface area is 91.7 Å². The van der Waals surface area contributed by atoms with E-state index in [1.165, 1.54) is 18.0 Å². The van der Waals surface area contributed by atoms with Crippen LogP contribution < -0.4 is 0 Å². The van der Waals surface area contributed by atoms with Crippen LogP contribution in [0.2, 0.25) is 0 Å². The quantitative estimate of drug-likeness (QED) is 0.733. The van der Waals surface area contributed by atoms with Gasteiger partial charge in [0.2, 0.25) is 5.91 Å². The molecule has 0 radical (unpaired) electrons. The van der Waals surface area contributed by atoms with Gasteiger partial charge in [0.1, 0.15) is 6.04 Å². The zero-order chi connectivity index (χ0) is 11.7. The fourth-order valence-corrected chi connectivity index (χ4v) is 2.00. The molecule has 0 unspecified atom stereocenters. The molecule has 0 saturated carbocycles. The first kappa shape index (κ1) is 10.6. The van der Waals surface area contributed by atoms with Gasteiger partial charge in [-0.05, 0) is 0 Å². The van der Waals surface area contributed by atoms with Crippen LogP contribution in [0.5, 0.6) is 0 Å². The van der Waals surface area contributed by atoms with E-state index in [-0.39, 0.29) is 11.9 Å². The number of likely N-dealkylation sites (tertiary alicyclic amines) is 1. The summed E-state index contributed by atoms with van der Waals surface area (Å²) in [7, 11) is 0. The third-order valence-electron chi connectivity index (χ3n) is 2.78.